The average molecular weight is 299 g/mol. The molecule has 1 unspecified atom stereocenters. The van der Waals surface area contributed by atoms with Gasteiger partial charge < -0.3 is 10.1 Å². The zero-order valence-corrected chi connectivity index (χ0v) is 14.1. The van der Waals surface area contributed by atoms with Gasteiger partial charge in [-0.05, 0) is 13.3 Å². The van der Waals surface area contributed by atoms with Crippen LogP contribution in [0.25, 0.3) is 0 Å². The quantitative estimate of drug-likeness (QED) is 0.370. The highest BCUT2D eigenvalue weighted by atomic mass is 16.5. The van der Waals surface area contributed by atoms with E-state index in [9.17, 15) is 4.79 Å². The first-order chi connectivity index (χ1) is 10.2. The lowest BCUT2D eigenvalue weighted by molar-refractivity contribution is -0.142. The van der Waals surface area contributed by atoms with Crippen molar-refractivity contribution in [2.75, 3.05) is 19.7 Å². The molecule has 0 aliphatic heterocycles. The van der Waals surface area contributed by atoms with Crippen LogP contribution >= 0.6 is 0 Å². The topological polar surface area (TPSA) is 62.1 Å². The summed E-state index contributed by atoms with van der Waals surface area (Å²) in [5.41, 5.74) is 7.30. The molecule has 0 amide bonds. The summed E-state index contributed by atoms with van der Waals surface area (Å²) < 4.78 is 5.13. The Bertz CT molecular complexity index is 233. The summed E-state index contributed by atoms with van der Waals surface area (Å²) in [6, 6.07) is -0.181. The molecule has 0 heterocycles. The van der Waals surface area contributed by atoms with Gasteiger partial charge in [-0.1, -0.05) is 64.7 Å². The number of ether oxygens (including phenoxy) is 1. The van der Waals surface area contributed by atoms with E-state index in [1.54, 1.807) is 6.92 Å². The van der Waals surface area contributed by atoms with Crippen molar-refractivity contribution >= 4 is 5.97 Å². The van der Waals surface area contributed by atoms with E-state index in [2.05, 4.69) is 12.2 Å². The summed E-state index contributed by atoms with van der Waals surface area (Å²) >= 11 is 0. The number of hydrogen-bond donors (Lipinski definition) is 1. The van der Waals surface area contributed by atoms with Crippen LogP contribution < -0.4 is 11.1 Å². The molecule has 0 bridgehead atoms. The normalized spacial score (nSPS) is 12.3. The van der Waals surface area contributed by atoms with Crippen molar-refractivity contribution in [1.82, 2.24) is 11.1 Å². The fraction of sp³-hybridized carbons (Fsp3) is 0.941. The third-order valence-corrected chi connectivity index (χ3v) is 3.48. The van der Waals surface area contributed by atoms with Crippen LogP contribution in [-0.4, -0.2) is 31.7 Å². The predicted octanol–water partition coefficient (Wildman–Crippen LogP) is 3.71. The van der Waals surface area contributed by atoms with E-state index in [1.165, 1.54) is 51.4 Å². The van der Waals surface area contributed by atoms with Gasteiger partial charge in [-0.3, -0.25) is 10.5 Å². The van der Waals surface area contributed by atoms with Crippen LogP contribution in [0.15, 0.2) is 0 Å². The highest BCUT2D eigenvalue weighted by Gasteiger charge is 2.02. The smallest absolute Gasteiger partial charge is 0.319 e. The minimum atomic E-state index is -0.202. The van der Waals surface area contributed by atoms with Crippen molar-refractivity contribution < 1.29 is 9.53 Å². The van der Waals surface area contributed by atoms with Gasteiger partial charge in [0.15, 0.2) is 0 Å². The van der Waals surface area contributed by atoms with E-state index in [1.807, 2.05) is 0 Å². The first-order valence-corrected chi connectivity index (χ1v) is 8.74. The van der Waals surface area contributed by atoms with Crippen molar-refractivity contribution in [2.45, 2.75) is 84.1 Å². The van der Waals surface area contributed by atoms with E-state index in [0.717, 1.165) is 12.8 Å². The first-order valence-electron chi connectivity index (χ1n) is 8.74. The summed E-state index contributed by atoms with van der Waals surface area (Å²) in [7, 11) is 0. The van der Waals surface area contributed by atoms with Gasteiger partial charge >= 0.3 is 5.97 Å². The van der Waals surface area contributed by atoms with E-state index in [-0.39, 0.29) is 18.6 Å². The molecule has 1 radical (unpaired) electrons. The molecule has 0 aromatic heterocycles. The van der Waals surface area contributed by atoms with Crippen LogP contribution in [0.4, 0.5) is 0 Å². The number of hydrogen-bond acceptors (Lipinski definition) is 3. The summed E-state index contributed by atoms with van der Waals surface area (Å²) in [6.07, 6.45) is 12.9. The van der Waals surface area contributed by atoms with E-state index in [0.29, 0.717) is 13.2 Å². The second-order valence-electron chi connectivity index (χ2n) is 5.93. The third-order valence-electron chi connectivity index (χ3n) is 3.48. The maximum Gasteiger partial charge on any atom is 0.319 e. The van der Waals surface area contributed by atoms with Gasteiger partial charge in [-0.15, -0.1) is 0 Å². The molecule has 0 aromatic rings. The van der Waals surface area contributed by atoms with Crippen molar-refractivity contribution in [3.05, 3.63) is 0 Å². The molecule has 125 valence electrons. The Balaban J connectivity index is 3.12. The fourth-order valence-electron chi connectivity index (χ4n) is 2.22. The number of unbranched alkanes of at least 4 members (excludes halogenated alkanes) is 9. The second kappa shape index (κ2) is 15.8. The molecular formula is C17H35N2O2. The van der Waals surface area contributed by atoms with Crippen LogP contribution in [-0.2, 0) is 9.53 Å². The SMILES string of the molecule is CCCCCCCCCCCCOC(=O)CNCC(C)[NH]. The lowest BCUT2D eigenvalue weighted by atomic mass is 10.1. The molecule has 21 heavy (non-hydrogen) atoms. The molecule has 0 saturated heterocycles. The molecule has 0 fully saturated rings. The van der Waals surface area contributed by atoms with Gasteiger partial charge in [0.25, 0.3) is 0 Å². The minimum absolute atomic E-state index is 0.181. The zero-order chi connectivity index (χ0) is 15.8. The number of carbonyl (C=O) groups is 1. The molecule has 0 spiro atoms. The molecule has 1 atom stereocenters. The van der Waals surface area contributed by atoms with Crippen molar-refractivity contribution in [2.24, 2.45) is 0 Å². The van der Waals surface area contributed by atoms with Crippen LogP contribution in [0.3, 0.4) is 0 Å². The summed E-state index contributed by atoms with van der Waals surface area (Å²) in [6.45, 7) is 5.34. The largest absolute Gasteiger partial charge is 0.465 e. The highest BCUT2D eigenvalue weighted by Crippen LogP contribution is 2.10. The number of rotatable bonds is 15. The van der Waals surface area contributed by atoms with E-state index >= 15 is 0 Å². The number of nitrogens with one attached hydrogen (secondary N) is 2. The van der Waals surface area contributed by atoms with Crippen LogP contribution in [0.2, 0.25) is 0 Å². The number of carbonyl (C=O) groups excluding carboxylic acids is 1. The lowest BCUT2D eigenvalue weighted by Crippen LogP contribution is -2.31. The maximum atomic E-state index is 11.3. The minimum Gasteiger partial charge on any atom is -0.465 e. The molecule has 4 heteroatoms. The van der Waals surface area contributed by atoms with Gasteiger partial charge in [0.05, 0.1) is 13.2 Å². The maximum absolute atomic E-state index is 11.3. The number of esters is 1. The van der Waals surface area contributed by atoms with Crippen LogP contribution in [0, 0.1) is 0 Å². The van der Waals surface area contributed by atoms with Gasteiger partial charge in [-0.2, -0.15) is 0 Å². The van der Waals surface area contributed by atoms with E-state index < -0.39 is 0 Å². The van der Waals surface area contributed by atoms with Gasteiger partial charge in [0, 0.05) is 12.6 Å². The zero-order valence-electron chi connectivity index (χ0n) is 14.1. The van der Waals surface area contributed by atoms with Crippen molar-refractivity contribution in [1.29, 1.82) is 0 Å². The molecule has 4 nitrogen and oxygen atoms in total. The van der Waals surface area contributed by atoms with Gasteiger partial charge in [0.2, 0.25) is 0 Å². The Morgan fingerprint density at radius 1 is 1.00 bits per heavy atom. The lowest BCUT2D eigenvalue weighted by Gasteiger charge is -2.07. The van der Waals surface area contributed by atoms with Gasteiger partial charge in [-0.25, -0.2) is 0 Å². The monoisotopic (exact) mass is 299 g/mol. The van der Waals surface area contributed by atoms with E-state index in [4.69, 9.17) is 10.5 Å². The molecule has 0 aromatic carbocycles. The summed E-state index contributed by atoms with van der Waals surface area (Å²) in [4.78, 5) is 11.3. The average Bonchev–Trinajstić information content (AvgIpc) is 2.44. The molecule has 0 aliphatic carbocycles. The second-order valence-corrected chi connectivity index (χ2v) is 5.93. The third kappa shape index (κ3) is 17.3. The van der Waals surface area contributed by atoms with Gasteiger partial charge in [0.1, 0.15) is 0 Å². The Morgan fingerprint density at radius 3 is 2.05 bits per heavy atom. The Kier molecular flexibility index (Phi) is 15.3. The molecular weight excluding hydrogens is 264 g/mol. The summed E-state index contributed by atoms with van der Waals surface area (Å²) in [5, 5.41) is 2.91. The standard InChI is InChI=1S/C17H35N2O2/c1-3-4-5-6-7-8-9-10-11-12-13-21-17(20)15-19-14-16(2)18/h16,18-19H,3-15H2,1-2H3. The highest BCUT2D eigenvalue weighted by molar-refractivity contribution is 5.71. The molecule has 0 aliphatic rings. The molecule has 0 rings (SSSR count). The molecule has 0 saturated carbocycles. The van der Waals surface area contributed by atoms with Crippen molar-refractivity contribution in [3.8, 4) is 0 Å². The predicted molar refractivity (Wildman–Crippen MR) is 88.2 cm³/mol. The van der Waals surface area contributed by atoms with Crippen LogP contribution in [0.5, 0.6) is 0 Å². The first kappa shape index (κ1) is 20.4. The Morgan fingerprint density at radius 2 is 1.52 bits per heavy atom. The fourth-order valence-corrected chi connectivity index (χ4v) is 2.22. The Labute approximate surface area is 131 Å². The Hall–Kier alpha value is -0.610. The van der Waals surface area contributed by atoms with Crippen LogP contribution in [0.1, 0.15) is 78.1 Å². The summed E-state index contributed by atoms with van der Waals surface area (Å²) in [5.74, 6) is -0.202. The van der Waals surface area contributed by atoms with Crippen molar-refractivity contribution in [3.63, 3.8) is 0 Å². The molecule has 2 N–H and O–H groups in total.